The summed E-state index contributed by atoms with van der Waals surface area (Å²) >= 11 is 1.59. The molecule has 1 fully saturated rings. The number of likely N-dealkylation sites (tertiary alicyclic amines) is 1. The first-order valence-corrected chi connectivity index (χ1v) is 8.49. The van der Waals surface area contributed by atoms with Crippen LogP contribution in [0.1, 0.15) is 38.5 Å². The monoisotopic (exact) mass is 308 g/mol. The van der Waals surface area contributed by atoms with Gasteiger partial charge in [-0.05, 0) is 37.1 Å². The summed E-state index contributed by atoms with van der Waals surface area (Å²) in [5, 5.41) is 5.01. The standard InChI is InChI=1S/C16H24N2O2S/c1-11(2)12(3)17-16(20)14-7-4-8-18(14)15(19)10-13-6-5-9-21-13/h5-6,9,11-12,14H,4,7-8,10H2,1-3H3,(H,17,20). The van der Waals surface area contributed by atoms with Crippen LogP contribution in [-0.4, -0.2) is 35.3 Å². The van der Waals surface area contributed by atoms with E-state index >= 15 is 0 Å². The van der Waals surface area contributed by atoms with Crippen LogP contribution in [0.3, 0.4) is 0 Å². The second-order valence-corrected chi connectivity index (χ2v) is 7.07. The van der Waals surface area contributed by atoms with E-state index in [0.29, 0.717) is 18.9 Å². The van der Waals surface area contributed by atoms with Crippen molar-refractivity contribution in [2.75, 3.05) is 6.54 Å². The van der Waals surface area contributed by atoms with E-state index in [0.717, 1.165) is 17.7 Å². The van der Waals surface area contributed by atoms with Crippen molar-refractivity contribution < 1.29 is 9.59 Å². The van der Waals surface area contributed by atoms with Crippen molar-refractivity contribution in [3.8, 4) is 0 Å². The van der Waals surface area contributed by atoms with Gasteiger partial charge in [0.25, 0.3) is 0 Å². The summed E-state index contributed by atoms with van der Waals surface area (Å²) < 4.78 is 0. The predicted molar refractivity (Wildman–Crippen MR) is 85.2 cm³/mol. The van der Waals surface area contributed by atoms with Crippen molar-refractivity contribution in [2.45, 2.75) is 52.1 Å². The SMILES string of the molecule is CC(C)C(C)NC(=O)C1CCCN1C(=O)Cc1cccs1. The molecule has 2 amide bonds. The fourth-order valence-corrected chi connectivity index (χ4v) is 3.18. The molecule has 5 heteroatoms. The molecule has 2 heterocycles. The van der Waals surface area contributed by atoms with Crippen molar-refractivity contribution in [2.24, 2.45) is 5.92 Å². The van der Waals surface area contributed by atoms with E-state index < -0.39 is 0 Å². The maximum Gasteiger partial charge on any atom is 0.243 e. The van der Waals surface area contributed by atoms with E-state index in [-0.39, 0.29) is 23.9 Å². The first-order chi connectivity index (χ1) is 9.99. The Kier molecular flexibility index (Phi) is 5.39. The van der Waals surface area contributed by atoms with Gasteiger partial charge in [0, 0.05) is 17.5 Å². The third-order valence-corrected chi connectivity index (χ3v) is 5.03. The second kappa shape index (κ2) is 7.07. The number of thiophene rings is 1. The molecule has 1 N–H and O–H groups in total. The van der Waals surface area contributed by atoms with E-state index in [9.17, 15) is 9.59 Å². The number of amides is 2. The molecule has 2 atom stereocenters. The molecule has 2 unspecified atom stereocenters. The van der Waals surface area contributed by atoms with Gasteiger partial charge in [-0.1, -0.05) is 19.9 Å². The highest BCUT2D eigenvalue weighted by Gasteiger charge is 2.34. The van der Waals surface area contributed by atoms with Gasteiger partial charge in [-0.2, -0.15) is 0 Å². The highest BCUT2D eigenvalue weighted by Crippen LogP contribution is 2.20. The zero-order valence-corrected chi connectivity index (χ0v) is 13.8. The summed E-state index contributed by atoms with van der Waals surface area (Å²) in [6.07, 6.45) is 2.08. The van der Waals surface area contributed by atoms with Crippen LogP contribution < -0.4 is 5.32 Å². The Morgan fingerprint density at radius 1 is 1.43 bits per heavy atom. The number of carbonyl (C=O) groups is 2. The maximum atomic E-state index is 12.4. The molecule has 1 aromatic rings. The van der Waals surface area contributed by atoms with Gasteiger partial charge in [-0.3, -0.25) is 9.59 Å². The van der Waals surface area contributed by atoms with Crippen molar-refractivity contribution in [1.29, 1.82) is 0 Å². The quantitative estimate of drug-likeness (QED) is 0.908. The van der Waals surface area contributed by atoms with Crippen molar-refractivity contribution in [1.82, 2.24) is 10.2 Å². The Morgan fingerprint density at radius 2 is 2.19 bits per heavy atom. The first-order valence-electron chi connectivity index (χ1n) is 7.61. The minimum Gasteiger partial charge on any atom is -0.352 e. The first kappa shape index (κ1) is 16.0. The van der Waals surface area contributed by atoms with E-state index in [4.69, 9.17) is 0 Å². The minimum atomic E-state index is -0.293. The van der Waals surface area contributed by atoms with Crippen LogP contribution in [0, 0.1) is 5.92 Å². The van der Waals surface area contributed by atoms with E-state index in [1.165, 1.54) is 0 Å². The number of nitrogens with zero attached hydrogens (tertiary/aromatic N) is 1. The van der Waals surface area contributed by atoms with Gasteiger partial charge in [0.05, 0.1) is 6.42 Å². The summed E-state index contributed by atoms with van der Waals surface area (Å²) in [5.74, 6) is 0.450. The van der Waals surface area contributed by atoms with Gasteiger partial charge < -0.3 is 10.2 Å². The lowest BCUT2D eigenvalue weighted by molar-refractivity contribution is -0.138. The maximum absolute atomic E-state index is 12.4. The number of hydrogen-bond acceptors (Lipinski definition) is 3. The topological polar surface area (TPSA) is 49.4 Å². The van der Waals surface area contributed by atoms with Crippen molar-refractivity contribution in [3.63, 3.8) is 0 Å². The third-order valence-electron chi connectivity index (χ3n) is 4.15. The van der Waals surface area contributed by atoms with E-state index in [2.05, 4.69) is 19.2 Å². The lowest BCUT2D eigenvalue weighted by Crippen LogP contribution is -2.49. The molecule has 0 aromatic carbocycles. The molecule has 1 aliphatic heterocycles. The van der Waals surface area contributed by atoms with Gasteiger partial charge in [-0.15, -0.1) is 11.3 Å². The summed E-state index contributed by atoms with van der Waals surface area (Å²) in [7, 11) is 0. The fraction of sp³-hybridized carbons (Fsp3) is 0.625. The molecule has 4 nitrogen and oxygen atoms in total. The Morgan fingerprint density at radius 3 is 2.81 bits per heavy atom. The Bertz CT molecular complexity index is 484. The lowest BCUT2D eigenvalue weighted by Gasteiger charge is -2.26. The molecule has 2 rings (SSSR count). The molecule has 1 aromatic heterocycles. The summed E-state index contributed by atoms with van der Waals surface area (Å²) in [5.41, 5.74) is 0. The Hall–Kier alpha value is -1.36. The zero-order chi connectivity index (χ0) is 15.4. The van der Waals surface area contributed by atoms with Gasteiger partial charge in [-0.25, -0.2) is 0 Å². The molecule has 1 saturated heterocycles. The van der Waals surface area contributed by atoms with Crippen LogP contribution in [0.2, 0.25) is 0 Å². The molecule has 0 aliphatic carbocycles. The van der Waals surface area contributed by atoms with Crippen molar-refractivity contribution in [3.05, 3.63) is 22.4 Å². The van der Waals surface area contributed by atoms with Crippen LogP contribution in [0.25, 0.3) is 0 Å². The van der Waals surface area contributed by atoms with Gasteiger partial charge in [0.2, 0.25) is 11.8 Å². The van der Waals surface area contributed by atoms with E-state index in [1.54, 1.807) is 16.2 Å². The normalized spacial score (nSPS) is 19.8. The number of carbonyl (C=O) groups excluding carboxylic acids is 2. The largest absolute Gasteiger partial charge is 0.352 e. The molecule has 0 radical (unpaired) electrons. The smallest absolute Gasteiger partial charge is 0.243 e. The highest BCUT2D eigenvalue weighted by atomic mass is 32.1. The second-order valence-electron chi connectivity index (χ2n) is 6.04. The average Bonchev–Trinajstić information content (AvgIpc) is 3.08. The number of hydrogen-bond donors (Lipinski definition) is 1. The molecule has 0 spiro atoms. The summed E-state index contributed by atoms with van der Waals surface area (Å²) in [6.45, 7) is 6.87. The lowest BCUT2D eigenvalue weighted by atomic mass is 10.1. The molecule has 0 saturated carbocycles. The summed E-state index contributed by atoms with van der Waals surface area (Å²) in [4.78, 5) is 27.6. The summed E-state index contributed by atoms with van der Waals surface area (Å²) in [6, 6.07) is 3.76. The van der Waals surface area contributed by atoms with Gasteiger partial charge in [0.1, 0.15) is 6.04 Å². The highest BCUT2D eigenvalue weighted by molar-refractivity contribution is 7.10. The molecular formula is C16H24N2O2S. The Balaban J connectivity index is 1.96. The molecular weight excluding hydrogens is 284 g/mol. The van der Waals surface area contributed by atoms with Gasteiger partial charge >= 0.3 is 0 Å². The van der Waals surface area contributed by atoms with Crippen LogP contribution in [0.4, 0.5) is 0 Å². The van der Waals surface area contributed by atoms with Crippen molar-refractivity contribution >= 4 is 23.2 Å². The molecule has 0 bridgehead atoms. The molecule has 1 aliphatic rings. The fourth-order valence-electron chi connectivity index (χ4n) is 2.49. The minimum absolute atomic E-state index is 0.00627. The van der Waals surface area contributed by atoms with Crippen LogP contribution in [0.15, 0.2) is 17.5 Å². The number of nitrogens with one attached hydrogen (secondary N) is 1. The molecule has 116 valence electrons. The zero-order valence-electron chi connectivity index (χ0n) is 13.0. The predicted octanol–water partition coefficient (Wildman–Crippen LogP) is 2.44. The van der Waals surface area contributed by atoms with E-state index in [1.807, 2.05) is 24.4 Å². The Labute approximate surface area is 130 Å². The third kappa shape index (κ3) is 4.06. The molecule has 21 heavy (non-hydrogen) atoms. The average molecular weight is 308 g/mol. The van der Waals surface area contributed by atoms with Crippen LogP contribution >= 0.6 is 11.3 Å². The van der Waals surface area contributed by atoms with Gasteiger partial charge in [0.15, 0.2) is 0 Å². The number of rotatable bonds is 5. The van der Waals surface area contributed by atoms with Crippen LogP contribution in [-0.2, 0) is 16.0 Å². The van der Waals surface area contributed by atoms with Crippen LogP contribution in [0.5, 0.6) is 0 Å².